The first-order valence-corrected chi connectivity index (χ1v) is 6.00. The summed E-state index contributed by atoms with van der Waals surface area (Å²) in [6.45, 7) is 4.18. The molecule has 0 atom stereocenters. The molecule has 0 aromatic heterocycles. The van der Waals surface area contributed by atoms with Crippen LogP contribution in [0.4, 0.5) is 0 Å². The molecule has 0 bridgehead atoms. The Morgan fingerprint density at radius 2 is 2.12 bits per heavy atom. The lowest BCUT2D eigenvalue weighted by Gasteiger charge is -2.22. The fraction of sp³-hybridized carbons (Fsp3) is 0.538. The molecule has 2 rings (SSSR count). The number of hydrogen-bond donors (Lipinski definition) is 1. The summed E-state index contributed by atoms with van der Waals surface area (Å²) in [5.74, 6) is 1.30. The van der Waals surface area contributed by atoms with Gasteiger partial charge in [0.25, 0.3) is 0 Å². The molecule has 16 heavy (non-hydrogen) atoms. The molecule has 1 aromatic carbocycles. The van der Waals surface area contributed by atoms with Gasteiger partial charge in [-0.3, -0.25) is 0 Å². The molecule has 0 saturated heterocycles. The van der Waals surface area contributed by atoms with Crippen LogP contribution >= 0.6 is 11.6 Å². The molecule has 0 amide bonds. The van der Waals surface area contributed by atoms with Crippen LogP contribution in [0.1, 0.15) is 32.3 Å². The van der Waals surface area contributed by atoms with Gasteiger partial charge in [-0.1, -0.05) is 23.7 Å². The number of benzene rings is 1. The lowest BCUT2D eigenvalue weighted by atomic mass is 9.97. The first-order valence-electron chi connectivity index (χ1n) is 5.62. The number of aliphatic hydroxyl groups is 1. The first kappa shape index (κ1) is 11.7. The molecular weight excluding hydrogens is 224 g/mol. The van der Waals surface area contributed by atoms with E-state index < -0.39 is 5.60 Å². The second kappa shape index (κ2) is 4.27. The molecule has 1 fully saturated rings. The molecule has 1 aliphatic carbocycles. The van der Waals surface area contributed by atoms with Crippen molar-refractivity contribution in [1.82, 2.24) is 0 Å². The Kier molecular flexibility index (Phi) is 3.13. The zero-order valence-electron chi connectivity index (χ0n) is 9.66. The van der Waals surface area contributed by atoms with Gasteiger partial charge in [0.15, 0.2) is 0 Å². The van der Waals surface area contributed by atoms with Crippen LogP contribution in [0.15, 0.2) is 18.2 Å². The van der Waals surface area contributed by atoms with Gasteiger partial charge in [0.05, 0.1) is 17.2 Å². The summed E-state index contributed by atoms with van der Waals surface area (Å²) in [6.07, 6.45) is 2.48. The van der Waals surface area contributed by atoms with Gasteiger partial charge in [-0.15, -0.1) is 0 Å². The average molecular weight is 241 g/mol. The van der Waals surface area contributed by atoms with Gasteiger partial charge in [-0.25, -0.2) is 0 Å². The lowest BCUT2D eigenvalue weighted by Crippen LogP contribution is -2.17. The van der Waals surface area contributed by atoms with Crippen LogP contribution in [-0.2, 0) is 5.60 Å². The maximum atomic E-state index is 10.0. The van der Waals surface area contributed by atoms with Gasteiger partial charge in [0, 0.05) is 5.56 Å². The molecule has 0 radical (unpaired) electrons. The number of para-hydroxylation sites is 1. The maximum absolute atomic E-state index is 10.0. The highest BCUT2D eigenvalue weighted by atomic mass is 35.5. The molecule has 1 saturated carbocycles. The monoisotopic (exact) mass is 240 g/mol. The highest BCUT2D eigenvalue weighted by Gasteiger charge is 2.26. The predicted molar refractivity (Wildman–Crippen MR) is 64.9 cm³/mol. The second-order valence-electron chi connectivity index (χ2n) is 4.93. The Morgan fingerprint density at radius 1 is 1.44 bits per heavy atom. The molecule has 2 nitrogen and oxygen atoms in total. The molecular formula is C13H17ClO2. The standard InChI is InChI=1S/C13H17ClO2/c1-13(2,15)10-4-3-5-11(14)12(10)16-8-9-6-7-9/h3-5,9,15H,6-8H2,1-2H3. The van der Waals surface area contributed by atoms with Crippen LogP contribution in [0.3, 0.4) is 0 Å². The average Bonchev–Trinajstić information content (AvgIpc) is 2.97. The largest absolute Gasteiger partial charge is 0.491 e. The second-order valence-corrected chi connectivity index (χ2v) is 5.34. The Labute approximate surface area is 101 Å². The summed E-state index contributed by atoms with van der Waals surface area (Å²) in [6, 6.07) is 5.48. The number of ether oxygens (including phenoxy) is 1. The number of rotatable bonds is 4. The highest BCUT2D eigenvalue weighted by molar-refractivity contribution is 6.32. The number of halogens is 1. The molecule has 1 aliphatic rings. The Bertz CT molecular complexity index is 378. The molecule has 0 aliphatic heterocycles. The third kappa shape index (κ3) is 2.69. The summed E-state index contributed by atoms with van der Waals surface area (Å²) in [7, 11) is 0. The Morgan fingerprint density at radius 3 is 2.69 bits per heavy atom. The van der Waals surface area contributed by atoms with E-state index in [1.165, 1.54) is 12.8 Å². The fourth-order valence-electron chi connectivity index (χ4n) is 1.62. The lowest BCUT2D eigenvalue weighted by molar-refractivity contribution is 0.0745. The maximum Gasteiger partial charge on any atom is 0.143 e. The van der Waals surface area contributed by atoms with Gasteiger partial charge in [-0.05, 0) is 38.7 Å². The smallest absolute Gasteiger partial charge is 0.143 e. The minimum absolute atomic E-state index is 0.570. The van der Waals surface area contributed by atoms with Crippen LogP contribution < -0.4 is 4.74 Å². The minimum Gasteiger partial charge on any atom is -0.491 e. The molecule has 3 heteroatoms. The molecule has 1 N–H and O–H groups in total. The first-order chi connectivity index (χ1) is 7.48. The minimum atomic E-state index is -0.927. The van der Waals surface area contributed by atoms with Gasteiger partial charge in [-0.2, -0.15) is 0 Å². The van der Waals surface area contributed by atoms with Crippen LogP contribution in [-0.4, -0.2) is 11.7 Å². The zero-order valence-corrected chi connectivity index (χ0v) is 10.4. The topological polar surface area (TPSA) is 29.5 Å². The van der Waals surface area contributed by atoms with Crippen molar-refractivity contribution in [3.05, 3.63) is 28.8 Å². The van der Waals surface area contributed by atoms with Crippen LogP contribution in [0, 0.1) is 5.92 Å². The Balaban J connectivity index is 2.24. The van der Waals surface area contributed by atoms with Crippen LogP contribution in [0.2, 0.25) is 5.02 Å². The summed E-state index contributed by atoms with van der Waals surface area (Å²) in [4.78, 5) is 0. The molecule has 0 spiro atoms. The SMILES string of the molecule is CC(C)(O)c1cccc(Cl)c1OCC1CC1. The molecule has 0 heterocycles. The van der Waals surface area contributed by atoms with E-state index in [-0.39, 0.29) is 0 Å². The predicted octanol–water partition coefficient (Wildman–Crippen LogP) is 3.36. The van der Waals surface area contributed by atoms with Crippen molar-refractivity contribution in [3.63, 3.8) is 0 Å². The van der Waals surface area contributed by atoms with E-state index in [0.717, 1.165) is 5.56 Å². The van der Waals surface area contributed by atoms with Crippen molar-refractivity contribution in [1.29, 1.82) is 0 Å². The normalized spacial score (nSPS) is 16.2. The van der Waals surface area contributed by atoms with Gasteiger partial charge >= 0.3 is 0 Å². The van der Waals surface area contributed by atoms with Crippen molar-refractivity contribution >= 4 is 11.6 Å². The summed E-state index contributed by atoms with van der Waals surface area (Å²) in [5.41, 5.74) is -0.176. The van der Waals surface area contributed by atoms with Crippen LogP contribution in [0.25, 0.3) is 0 Å². The summed E-state index contributed by atoms with van der Waals surface area (Å²) in [5, 5.41) is 10.6. The summed E-state index contributed by atoms with van der Waals surface area (Å²) >= 11 is 6.10. The molecule has 0 unspecified atom stereocenters. The highest BCUT2D eigenvalue weighted by Crippen LogP contribution is 2.37. The van der Waals surface area contributed by atoms with Crippen molar-refractivity contribution in [2.24, 2.45) is 5.92 Å². The third-order valence-corrected chi connectivity index (χ3v) is 3.08. The van der Waals surface area contributed by atoms with E-state index in [2.05, 4.69) is 0 Å². The van der Waals surface area contributed by atoms with E-state index >= 15 is 0 Å². The van der Waals surface area contributed by atoms with Crippen molar-refractivity contribution < 1.29 is 9.84 Å². The van der Waals surface area contributed by atoms with Gasteiger partial charge in [0.2, 0.25) is 0 Å². The van der Waals surface area contributed by atoms with Crippen molar-refractivity contribution in [2.75, 3.05) is 6.61 Å². The van der Waals surface area contributed by atoms with E-state index in [1.54, 1.807) is 19.9 Å². The third-order valence-electron chi connectivity index (χ3n) is 2.79. The zero-order chi connectivity index (χ0) is 11.8. The van der Waals surface area contributed by atoms with E-state index in [0.29, 0.717) is 23.3 Å². The molecule has 88 valence electrons. The van der Waals surface area contributed by atoms with Crippen molar-refractivity contribution in [2.45, 2.75) is 32.3 Å². The Hall–Kier alpha value is -0.730. The van der Waals surface area contributed by atoms with Gasteiger partial charge < -0.3 is 9.84 Å². The quantitative estimate of drug-likeness (QED) is 0.875. The van der Waals surface area contributed by atoms with E-state index in [4.69, 9.17) is 16.3 Å². The molecule has 1 aromatic rings. The van der Waals surface area contributed by atoms with Gasteiger partial charge in [0.1, 0.15) is 5.75 Å². The van der Waals surface area contributed by atoms with Crippen LogP contribution in [0.5, 0.6) is 5.75 Å². The van der Waals surface area contributed by atoms with E-state index in [9.17, 15) is 5.11 Å². The van der Waals surface area contributed by atoms with E-state index in [1.807, 2.05) is 12.1 Å². The fourth-order valence-corrected chi connectivity index (χ4v) is 1.85. The summed E-state index contributed by atoms with van der Waals surface area (Å²) < 4.78 is 5.73. The number of hydrogen-bond acceptors (Lipinski definition) is 2. The van der Waals surface area contributed by atoms with Crippen molar-refractivity contribution in [3.8, 4) is 5.75 Å².